The van der Waals surface area contributed by atoms with Gasteiger partial charge in [-0.05, 0) is 29.8 Å². The number of piperazine rings is 1. The molecule has 0 bridgehead atoms. The number of hydrogen-bond acceptors (Lipinski definition) is 4. The molecular formula is C18H19N5O. The Morgan fingerprint density at radius 3 is 2.54 bits per heavy atom. The van der Waals surface area contributed by atoms with Crippen LogP contribution in [0.1, 0.15) is 11.1 Å². The Hall–Kier alpha value is -3.07. The molecule has 0 spiro atoms. The molecule has 0 saturated carbocycles. The van der Waals surface area contributed by atoms with Gasteiger partial charge in [-0.15, -0.1) is 0 Å². The minimum atomic E-state index is -0.0555. The standard InChI is InChI=1S/C18H19N5O/c19-13-16-3-1-2-4-17(16)22-9-11-23(12-10-22)18(24)21-14-15-5-7-20-8-6-15/h1-8H,9-12,14H2,(H,21,24). The first-order chi connectivity index (χ1) is 11.8. The van der Waals surface area contributed by atoms with Crippen LogP contribution in [0.4, 0.5) is 10.5 Å². The van der Waals surface area contributed by atoms with Crippen LogP contribution in [0.25, 0.3) is 0 Å². The summed E-state index contributed by atoms with van der Waals surface area (Å²) in [6.07, 6.45) is 3.43. The third-order valence-electron chi connectivity index (χ3n) is 4.13. The predicted molar refractivity (Wildman–Crippen MR) is 91.4 cm³/mol. The number of hydrogen-bond donors (Lipinski definition) is 1. The lowest BCUT2D eigenvalue weighted by molar-refractivity contribution is 0.194. The smallest absolute Gasteiger partial charge is 0.317 e. The molecule has 2 heterocycles. The number of amides is 2. The molecule has 1 aromatic carbocycles. The maximum Gasteiger partial charge on any atom is 0.317 e. The first kappa shape index (κ1) is 15.8. The molecule has 1 saturated heterocycles. The Bertz CT molecular complexity index is 733. The van der Waals surface area contributed by atoms with E-state index in [1.807, 2.05) is 41.3 Å². The van der Waals surface area contributed by atoms with Crippen molar-refractivity contribution in [3.63, 3.8) is 0 Å². The van der Waals surface area contributed by atoms with Crippen LogP contribution >= 0.6 is 0 Å². The fraction of sp³-hybridized carbons (Fsp3) is 0.278. The first-order valence-corrected chi connectivity index (χ1v) is 7.93. The molecule has 2 amide bonds. The van der Waals surface area contributed by atoms with Crippen molar-refractivity contribution in [1.29, 1.82) is 5.26 Å². The van der Waals surface area contributed by atoms with Crippen molar-refractivity contribution >= 4 is 11.7 Å². The molecule has 122 valence electrons. The van der Waals surface area contributed by atoms with Crippen LogP contribution in [0.3, 0.4) is 0 Å². The van der Waals surface area contributed by atoms with E-state index < -0.39 is 0 Å². The summed E-state index contributed by atoms with van der Waals surface area (Å²) in [4.78, 5) is 20.2. The minimum absolute atomic E-state index is 0.0555. The zero-order valence-electron chi connectivity index (χ0n) is 13.4. The van der Waals surface area contributed by atoms with Gasteiger partial charge in [0.25, 0.3) is 0 Å². The lowest BCUT2D eigenvalue weighted by Crippen LogP contribution is -2.51. The van der Waals surface area contributed by atoms with Gasteiger partial charge in [-0.2, -0.15) is 5.26 Å². The Labute approximate surface area is 141 Å². The Kier molecular flexibility index (Phi) is 4.92. The van der Waals surface area contributed by atoms with E-state index in [1.54, 1.807) is 12.4 Å². The summed E-state index contributed by atoms with van der Waals surface area (Å²) in [7, 11) is 0. The van der Waals surface area contributed by atoms with Gasteiger partial charge in [-0.1, -0.05) is 12.1 Å². The van der Waals surface area contributed by atoms with Gasteiger partial charge in [0.05, 0.1) is 11.3 Å². The highest BCUT2D eigenvalue weighted by atomic mass is 16.2. The van der Waals surface area contributed by atoms with Gasteiger partial charge in [-0.3, -0.25) is 4.98 Å². The van der Waals surface area contributed by atoms with Gasteiger partial charge in [0.2, 0.25) is 0 Å². The lowest BCUT2D eigenvalue weighted by Gasteiger charge is -2.36. The molecule has 0 unspecified atom stereocenters. The van der Waals surface area contributed by atoms with Gasteiger partial charge in [0.1, 0.15) is 6.07 Å². The number of carbonyl (C=O) groups excluding carboxylic acids is 1. The average Bonchev–Trinajstić information content (AvgIpc) is 2.67. The summed E-state index contributed by atoms with van der Waals surface area (Å²) in [6, 6.07) is 13.5. The van der Waals surface area contributed by atoms with E-state index in [0.717, 1.165) is 24.3 Å². The summed E-state index contributed by atoms with van der Waals surface area (Å²) >= 11 is 0. The van der Waals surface area contributed by atoms with Crippen molar-refractivity contribution in [3.8, 4) is 6.07 Å². The third-order valence-corrected chi connectivity index (χ3v) is 4.13. The monoisotopic (exact) mass is 321 g/mol. The topological polar surface area (TPSA) is 72.3 Å². The van der Waals surface area contributed by atoms with E-state index in [-0.39, 0.29) is 6.03 Å². The highest BCUT2D eigenvalue weighted by Crippen LogP contribution is 2.21. The zero-order chi connectivity index (χ0) is 16.8. The van der Waals surface area contributed by atoms with Gasteiger partial charge < -0.3 is 15.1 Å². The number of para-hydroxylation sites is 1. The van der Waals surface area contributed by atoms with E-state index in [0.29, 0.717) is 25.2 Å². The number of carbonyl (C=O) groups is 1. The van der Waals surface area contributed by atoms with Crippen molar-refractivity contribution in [2.45, 2.75) is 6.54 Å². The molecule has 3 rings (SSSR count). The van der Waals surface area contributed by atoms with Crippen LogP contribution < -0.4 is 10.2 Å². The number of nitrogens with zero attached hydrogens (tertiary/aromatic N) is 4. The lowest BCUT2D eigenvalue weighted by atomic mass is 10.1. The number of benzene rings is 1. The normalized spacial score (nSPS) is 14.1. The number of anilines is 1. The number of rotatable bonds is 3. The molecule has 24 heavy (non-hydrogen) atoms. The highest BCUT2D eigenvalue weighted by molar-refractivity contribution is 5.74. The van der Waals surface area contributed by atoms with E-state index in [9.17, 15) is 10.1 Å². The minimum Gasteiger partial charge on any atom is -0.367 e. The van der Waals surface area contributed by atoms with Crippen molar-refractivity contribution in [2.75, 3.05) is 31.1 Å². The number of nitrogens with one attached hydrogen (secondary N) is 1. The molecule has 1 aliphatic rings. The second-order valence-corrected chi connectivity index (χ2v) is 5.62. The third kappa shape index (κ3) is 3.63. The second kappa shape index (κ2) is 7.47. The molecule has 1 N–H and O–H groups in total. The molecule has 6 nitrogen and oxygen atoms in total. The van der Waals surface area contributed by atoms with Crippen molar-refractivity contribution < 1.29 is 4.79 Å². The molecule has 1 aliphatic heterocycles. The molecule has 1 aromatic heterocycles. The van der Waals surface area contributed by atoms with Crippen LogP contribution in [-0.4, -0.2) is 42.1 Å². The Balaban J connectivity index is 1.53. The molecule has 1 fully saturated rings. The number of aromatic nitrogens is 1. The van der Waals surface area contributed by atoms with E-state index in [1.165, 1.54) is 0 Å². The van der Waals surface area contributed by atoms with Crippen LogP contribution in [-0.2, 0) is 6.54 Å². The summed E-state index contributed by atoms with van der Waals surface area (Å²) in [5, 5.41) is 12.1. The number of nitriles is 1. The Morgan fingerprint density at radius 2 is 1.83 bits per heavy atom. The van der Waals surface area contributed by atoms with Crippen LogP contribution in [0.5, 0.6) is 0 Å². The summed E-state index contributed by atoms with van der Waals surface area (Å²) in [5.74, 6) is 0. The quantitative estimate of drug-likeness (QED) is 0.938. The zero-order valence-corrected chi connectivity index (χ0v) is 13.4. The summed E-state index contributed by atoms with van der Waals surface area (Å²) in [6.45, 7) is 3.23. The Morgan fingerprint density at radius 1 is 1.12 bits per heavy atom. The number of pyridine rings is 1. The van der Waals surface area contributed by atoms with Crippen LogP contribution in [0.2, 0.25) is 0 Å². The van der Waals surface area contributed by atoms with Gasteiger partial charge >= 0.3 is 6.03 Å². The SMILES string of the molecule is N#Cc1ccccc1N1CCN(C(=O)NCc2ccncc2)CC1. The fourth-order valence-electron chi connectivity index (χ4n) is 2.78. The van der Waals surface area contributed by atoms with E-state index in [2.05, 4.69) is 21.3 Å². The van der Waals surface area contributed by atoms with Crippen LogP contribution in [0, 0.1) is 11.3 Å². The van der Waals surface area contributed by atoms with E-state index >= 15 is 0 Å². The second-order valence-electron chi connectivity index (χ2n) is 5.62. The molecule has 6 heteroatoms. The summed E-state index contributed by atoms with van der Waals surface area (Å²) in [5.41, 5.74) is 2.64. The first-order valence-electron chi connectivity index (χ1n) is 7.93. The predicted octanol–water partition coefficient (Wildman–Crippen LogP) is 1.99. The maximum atomic E-state index is 12.3. The van der Waals surface area contributed by atoms with Gasteiger partial charge in [0.15, 0.2) is 0 Å². The highest BCUT2D eigenvalue weighted by Gasteiger charge is 2.22. The molecule has 0 aliphatic carbocycles. The fourth-order valence-corrected chi connectivity index (χ4v) is 2.78. The van der Waals surface area contributed by atoms with Crippen molar-refractivity contribution in [1.82, 2.24) is 15.2 Å². The summed E-state index contributed by atoms with van der Waals surface area (Å²) < 4.78 is 0. The van der Waals surface area contributed by atoms with Crippen molar-refractivity contribution in [2.24, 2.45) is 0 Å². The van der Waals surface area contributed by atoms with Gasteiger partial charge in [0, 0.05) is 45.1 Å². The van der Waals surface area contributed by atoms with Gasteiger partial charge in [-0.25, -0.2) is 4.79 Å². The van der Waals surface area contributed by atoms with Crippen molar-refractivity contribution in [3.05, 3.63) is 59.9 Å². The van der Waals surface area contributed by atoms with E-state index in [4.69, 9.17) is 0 Å². The molecule has 2 aromatic rings. The molecule has 0 atom stereocenters. The number of urea groups is 1. The average molecular weight is 321 g/mol. The largest absolute Gasteiger partial charge is 0.367 e. The molecule has 0 radical (unpaired) electrons. The molecular weight excluding hydrogens is 302 g/mol. The maximum absolute atomic E-state index is 12.3. The van der Waals surface area contributed by atoms with Crippen LogP contribution in [0.15, 0.2) is 48.8 Å².